The van der Waals surface area contributed by atoms with E-state index in [-0.39, 0.29) is 24.5 Å². The molecule has 0 aromatic heterocycles. The summed E-state index contributed by atoms with van der Waals surface area (Å²) in [5.41, 5.74) is 1.81. The number of nitrogens with one attached hydrogen (secondary N) is 3. The lowest BCUT2D eigenvalue weighted by Gasteiger charge is -2.13. The fourth-order valence-electron chi connectivity index (χ4n) is 2.48. The smallest absolute Gasteiger partial charge is 0.243 e. The molecule has 0 aliphatic rings. The van der Waals surface area contributed by atoms with Crippen LogP contribution in [0.5, 0.6) is 5.75 Å². The Hall–Kier alpha value is -2.73. The number of carbonyl (C=O) groups excluding carboxylic acids is 2. The molecule has 0 saturated heterocycles. The Bertz CT molecular complexity index is 824. The molecule has 2 aromatic rings. The summed E-state index contributed by atoms with van der Waals surface area (Å²) < 4.78 is 5.64. The van der Waals surface area contributed by atoms with Gasteiger partial charge in [-0.3, -0.25) is 9.59 Å². The van der Waals surface area contributed by atoms with Gasteiger partial charge in [0.1, 0.15) is 5.75 Å². The van der Waals surface area contributed by atoms with E-state index in [1.807, 2.05) is 45.0 Å². The zero-order valence-electron chi connectivity index (χ0n) is 16.3. The van der Waals surface area contributed by atoms with Crippen molar-refractivity contribution in [3.05, 3.63) is 47.5 Å². The summed E-state index contributed by atoms with van der Waals surface area (Å²) in [5, 5.41) is 9.00. The lowest BCUT2D eigenvalue weighted by atomic mass is 10.2. The van der Waals surface area contributed by atoms with Crippen molar-refractivity contribution >= 4 is 40.5 Å². The second-order valence-electron chi connectivity index (χ2n) is 6.59. The summed E-state index contributed by atoms with van der Waals surface area (Å²) in [6.07, 6.45) is 1.28. The third-order valence-electron chi connectivity index (χ3n) is 3.66. The highest BCUT2D eigenvalue weighted by Crippen LogP contribution is 2.26. The second-order valence-corrected chi connectivity index (χ2v) is 7.00. The zero-order chi connectivity index (χ0) is 20.5. The molecule has 3 N–H and O–H groups in total. The maximum absolute atomic E-state index is 12.3. The summed E-state index contributed by atoms with van der Waals surface area (Å²) >= 11 is 6.16. The molecule has 2 amide bonds. The van der Waals surface area contributed by atoms with Crippen molar-refractivity contribution < 1.29 is 14.3 Å². The van der Waals surface area contributed by atoms with Crippen LogP contribution >= 0.6 is 11.6 Å². The van der Waals surface area contributed by atoms with E-state index in [9.17, 15) is 9.59 Å². The molecule has 0 aliphatic carbocycles. The van der Waals surface area contributed by atoms with E-state index < -0.39 is 0 Å². The number of ether oxygens (including phenoxy) is 1. The molecule has 0 atom stereocenters. The number of amides is 2. The molecule has 6 nitrogen and oxygen atoms in total. The van der Waals surface area contributed by atoms with E-state index in [0.717, 1.165) is 17.9 Å². The highest BCUT2D eigenvalue weighted by atomic mass is 35.5. The van der Waals surface area contributed by atoms with Gasteiger partial charge in [-0.2, -0.15) is 0 Å². The molecule has 0 bridgehead atoms. The number of benzene rings is 2. The van der Waals surface area contributed by atoms with Crippen LogP contribution in [0.1, 0.15) is 33.6 Å². The largest absolute Gasteiger partial charge is 0.491 e. The predicted molar refractivity (Wildman–Crippen MR) is 114 cm³/mol. The number of hydrogen-bond acceptors (Lipinski definition) is 4. The van der Waals surface area contributed by atoms with Crippen molar-refractivity contribution in [2.75, 3.05) is 22.5 Å². The van der Waals surface area contributed by atoms with Crippen LogP contribution in [0.4, 0.5) is 17.1 Å². The van der Waals surface area contributed by atoms with E-state index in [0.29, 0.717) is 22.8 Å². The van der Waals surface area contributed by atoms with Crippen LogP contribution in [0, 0.1) is 0 Å². The Morgan fingerprint density at radius 3 is 2.54 bits per heavy atom. The van der Waals surface area contributed by atoms with Gasteiger partial charge in [-0.25, -0.2) is 0 Å². The van der Waals surface area contributed by atoms with Crippen molar-refractivity contribution in [3.63, 3.8) is 0 Å². The molecule has 7 heteroatoms. The minimum atomic E-state index is -0.255. The van der Waals surface area contributed by atoms with Crippen LogP contribution in [-0.4, -0.2) is 24.5 Å². The summed E-state index contributed by atoms with van der Waals surface area (Å²) in [4.78, 5) is 24.0. The van der Waals surface area contributed by atoms with E-state index in [1.54, 1.807) is 18.2 Å². The molecule has 0 aliphatic heterocycles. The maximum Gasteiger partial charge on any atom is 0.243 e. The van der Waals surface area contributed by atoms with Crippen LogP contribution in [0.25, 0.3) is 0 Å². The monoisotopic (exact) mass is 403 g/mol. The molecule has 28 heavy (non-hydrogen) atoms. The van der Waals surface area contributed by atoms with Crippen LogP contribution in [0.15, 0.2) is 42.5 Å². The highest BCUT2D eigenvalue weighted by Gasteiger charge is 2.09. The van der Waals surface area contributed by atoms with Crippen LogP contribution in [0.2, 0.25) is 5.02 Å². The lowest BCUT2D eigenvalue weighted by molar-refractivity contribution is -0.116. The number of halogens is 1. The normalized spacial score (nSPS) is 10.5. The summed E-state index contributed by atoms with van der Waals surface area (Å²) in [7, 11) is 0. The third kappa shape index (κ3) is 7.12. The molecule has 2 aromatic carbocycles. The van der Waals surface area contributed by atoms with E-state index >= 15 is 0 Å². The van der Waals surface area contributed by atoms with Gasteiger partial charge in [0.2, 0.25) is 11.8 Å². The van der Waals surface area contributed by atoms with Gasteiger partial charge in [0.25, 0.3) is 0 Å². The van der Waals surface area contributed by atoms with Crippen molar-refractivity contribution in [3.8, 4) is 5.75 Å². The van der Waals surface area contributed by atoms with Gasteiger partial charge in [-0.15, -0.1) is 0 Å². The average Bonchev–Trinajstić information content (AvgIpc) is 2.63. The molecular formula is C21H26ClN3O3. The quantitative estimate of drug-likeness (QED) is 0.555. The van der Waals surface area contributed by atoms with Gasteiger partial charge < -0.3 is 20.7 Å². The fraction of sp³-hybridized carbons (Fsp3) is 0.333. The summed E-state index contributed by atoms with van der Waals surface area (Å²) in [6, 6.07) is 12.4. The molecule has 0 unspecified atom stereocenters. The second kappa shape index (κ2) is 10.6. The van der Waals surface area contributed by atoms with Crippen molar-refractivity contribution in [1.82, 2.24) is 0 Å². The molecule has 0 fully saturated rings. The first kappa shape index (κ1) is 21.6. The van der Waals surface area contributed by atoms with Crippen LogP contribution in [-0.2, 0) is 9.59 Å². The predicted octanol–water partition coefficient (Wildman–Crippen LogP) is 4.92. The van der Waals surface area contributed by atoms with Crippen molar-refractivity contribution in [2.24, 2.45) is 0 Å². The van der Waals surface area contributed by atoms with Gasteiger partial charge in [0.05, 0.1) is 23.4 Å². The Labute approximate surface area is 170 Å². The number of hydrogen-bond donors (Lipinski definition) is 3. The fourth-order valence-corrected chi connectivity index (χ4v) is 2.64. The first-order chi connectivity index (χ1) is 13.4. The Morgan fingerprint density at radius 2 is 1.82 bits per heavy atom. The summed E-state index contributed by atoms with van der Waals surface area (Å²) in [5.74, 6) is 0.403. The van der Waals surface area contributed by atoms with Crippen LogP contribution in [0.3, 0.4) is 0 Å². The van der Waals surface area contributed by atoms with Crippen molar-refractivity contribution in [2.45, 2.75) is 39.7 Å². The van der Waals surface area contributed by atoms with Gasteiger partial charge in [-0.1, -0.05) is 24.6 Å². The van der Waals surface area contributed by atoms with E-state index in [4.69, 9.17) is 16.3 Å². The molecular weight excluding hydrogens is 378 g/mol. The van der Waals surface area contributed by atoms with Gasteiger partial charge in [0.15, 0.2) is 0 Å². The molecule has 0 spiro atoms. The topological polar surface area (TPSA) is 79.5 Å². The first-order valence-electron chi connectivity index (χ1n) is 9.27. The Balaban J connectivity index is 1.94. The number of rotatable bonds is 9. The summed E-state index contributed by atoms with van der Waals surface area (Å²) in [6.45, 7) is 5.91. The molecule has 150 valence electrons. The SMILES string of the molecule is CCCC(=O)Nc1ccc(Cl)c(NC(=O)CNc2cccc(OC(C)C)c2)c1. The molecule has 2 rings (SSSR count). The van der Waals surface area contributed by atoms with E-state index in [2.05, 4.69) is 16.0 Å². The Morgan fingerprint density at radius 1 is 1.04 bits per heavy atom. The lowest BCUT2D eigenvalue weighted by Crippen LogP contribution is -2.22. The van der Waals surface area contributed by atoms with E-state index in [1.165, 1.54) is 0 Å². The van der Waals surface area contributed by atoms with Gasteiger partial charge in [-0.05, 0) is 50.6 Å². The van der Waals surface area contributed by atoms with Gasteiger partial charge >= 0.3 is 0 Å². The molecule has 0 radical (unpaired) electrons. The maximum atomic E-state index is 12.3. The molecule has 0 heterocycles. The molecule has 0 saturated carbocycles. The third-order valence-corrected chi connectivity index (χ3v) is 3.99. The first-order valence-corrected chi connectivity index (χ1v) is 9.65. The van der Waals surface area contributed by atoms with Gasteiger partial charge in [0, 0.05) is 23.9 Å². The highest BCUT2D eigenvalue weighted by molar-refractivity contribution is 6.33. The minimum Gasteiger partial charge on any atom is -0.491 e. The Kier molecular flexibility index (Phi) is 8.14. The number of carbonyl (C=O) groups is 2. The zero-order valence-corrected chi connectivity index (χ0v) is 17.1. The average molecular weight is 404 g/mol. The number of anilines is 3. The van der Waals surface area contributed by atoms with Crippen molar-refractivity contribution in [1.29, 1.82) is 0 Å². The standard InChI is InChI=1S/C21H26ClN3O3/c1-4-6-20(26)24-16-9-10-18(22)19(12-16)25-21(27)13-23-15-7-5-8-17(11-15)28-14(2)3/h5,7-12,14,23H,4,6,13H2,1-3H3,(H,24,26)(H,25,27). The van der Waals surface area contributed by atoms with Crippen LogP contribution < -0.4 is 20.7 Å². The minimum absolute atomic E-state index is 0.0634.